The molecule has 0 bridgehead atoms. The summed E-state index contributed by atoms with van der Waals surface area (Å²) < 4.78 is 2.28. The number of aliphatic hydroxyl groups excluding tert-OH is 1. The van der Waals surface area contributed by atoms with E-state index in [1.54, 1.807) is 0 Å². The lowest BCUT2D eigenvalue weighted by Gasteiger charge is -2.18. The van der Waals surface area contributed by atoms with E-state index in [9.17, 15) is 5.11 Å². The van der Waals surface area contributed by atoms with E-state index in [0.717, 1.165) is 0 Å². The largest absolute Gasteiger partial charge is 0.390 e. The molecule has 1 aliphatic carbocycles. The van der Waals surface area contributed by atoms with Gasteiger partial charge in [-0.2, -0.15) is 0 Å². The van der Waals surface area contributed by atoms with Crippen LogP contribution in [0.2, 0.25) is 0 Å². The molecular formula is C21H27BN2O. The first-order chi connectivity index (χ1) is 12.1. The van der Waals surface area contributed by atoms with Crippen molar-refractivity contribution >= 4 is 35.1 Å². The second kappa shape index (κ2) is 6.85. The first-order valence-electron chi connectivity index (χ1n) is 9.52. The smallest absolute Gasteiger partial charge is 0.139 e. The molecule has 0 saturated heterocycles. The van der Waals surface area contributed by atoms with Crippen LogP contribution in [0.1, 0.15) is 31.2 Å². The van der Waals surface area contributed by atoms with Crippen molar-refractivity contribution in [3.05, 3.63) is 42.0 Å². The SMILES string of the molecule is Bc1ccc2c(c1)c1cc(C)ccc1n2CC(O)CNC1CCCC1. The van der Waals surface area contributed by atoms with E-state index in [0.29, 0.717) is 19.1 Å². The normalized spacial score (nSPS) is 16.9. The minimum atomic E-state index is -0.373. The van der Waals surface area contributed by atoms with Crippen LogP contribution in [0.3, 0.4) is 0 Å². The summed E-state index contributed by atoms with van der Waals surface area (Å²) in [6.07, 6.45) is 4.77. The number of aliphatic hydroxyl groups is 1. The molecule has 1 saturated carbocycles. The molecule has 2 aromatic carbocycles. The Morgan fingerprint density at radius 2 is 1.80 bits per heavy atom. The third-order valence-electron chi connectivity index (χ3n) is 5.57. The van der Waals surface area contributed by atoms with Gasteiger partial charge in [0.2, 0.25) is 0 Å². The van der Waals surface area contributed by atoms with Crippen molar-refractivity contribution in [1.29, 1.82) is 0 Å². The lowest BCUT2D eigenvalue weighted by Crippen LogP contribution is -2.35. The number of rotatable bonds is 5. The fourth-order valence-electron chi connectivity index (χ4n) is 4.24. The second-order valence-electron chi connectivity index (χ2n) is 7.70. The number of hydrogen-bond donors (Lipinski definition) is 2. The molecule has 1 heterocycles. The number of nitrogens with one attached hydrogen (secondary N) is 1. The fourth-order valence-corrected chi connectivity index (χ4v) is 4.24. The molecule has 1 unspecified atom stereocenters. The molecule has 3 aromatic rings. The molecular weight excluding hydrogens is 307 g/mol. The van der Waals surface area contributed by atoms with Gasteiger partial charge >= 0.3 is 0 Å². The topological polar surface area (TPSA) is 37.2 Å². The molecule has 1 aliphatic rings. The summed E-state index contributed by atoms with van der Waals surface area (Å²) in [7, 11) is 2.14. The summed E-state index contributed by atoms with van der Waals surface area (Å²) in [4.78, 5) is 0. The van der Waals surface area contributed by atoms with E-state index < -0.39 is 0 Å². The van der Waals surface area contributed by atoms with Gasteiger partial charge in [0.05, 0.1) is 12.6 Å². The summed E-state index contributed by atoms with van der Waals surface area (Å²) >= 11 is 0. The van der Waals surface area contributed by atoms with Crippen LogP contribution in [0.5, 0.6) is 0 Å². The minimum absolute atomic E-state index is 0.373. The molecule has 0 radical (unpaired) electrons. The third-order valence-corrected chi connectivity index (χ3v) is 5.57. The lowest BCUT2D eigenvalue weighted by molar-refractivity contribution is 0.150. The van der Waals surface area contributed by atoms with Crippen molar-refractivity contribution in [3.8, 4) is 0 Å². The number of nitrogens with zero attached hydrogens (tertiary/aromatic N) is 1. The van der Waals surface area contributed by atoms with Crippen molar-refractivity contribution in [2.45, 2.75) is 51.3 Å². The second-order valence-corrected chi connectivity index (χ2v) is 7.70. The van der Waals surface area contributed by atoms with Crippen LogP contribution in [0.25, 0.3) is 21.8 Å². The van der Waals surface area contributed by atoms with Gasteiger partial charge < -0.3 is 15.0 Å². The van der Waals surface area contributed by atoms with Gasteiger partial charge in [0, 0.05) is 34.4 Å². The van der Waals surface area contributed by atoms with Crippen molar-refractivity contribution in [2.24, 2.45) is 0 Å². The summed E-state index contributed by atoms with van der Waals surface area (Å²) in [5.41, 5.74) is 4.98. The van der Waals surface area contributed by atoms with Gasteiger partial charge in [-0.25, -0.2) is 0 Å². The molecule has 4 rings (SSSR count). The molecule has 3 nitrogen and oxygen atoms in total. The summed E-state index contributed by atoms with van der Waals surface area (Å²) in [5, 5.41) is 16.7. The quantitative estimate of drug-likeness (QED) is 0.703. The van der Waals surface area contributed by atoms with Crippen LogP contribution < -0.4 is 10.8 Å². The summed E-state index contributed by atoms with van der Waals surface area (Å²) in [6.45, 7) is 3.44. The van der Waals surface area contributed by atoms with E-state index >= 15 is 0 Å². The van der Waals surface area contributed by atoms with Gasteiger partial charge in [-0.3, -0.25) is 0 Å². The highest BCUT2D eigenvalue weighted by Crippen LogP contribution is 2.29. The average molecular weight is 334 g/mol. The molecule has 2 N–H and O–H groups in total. The van der Waals surface area contributed by atoms with Gasteiger partial charge in [-0.1, -0.05) is 42.1 Å². The minimum Gasteiger partial charge on any atom is -0.390 e. The van der Waals surface area contributed by atoms with Crippen LogP contribution in [0.4, 0.5) is 0 Å². The predicted molar refractivity (Wildman–Crippen MR) is 109 cm³/mol. The predicted octanol–water partition coefficient (Wildman–Crippen LogP) is 2.25. The van der Waals surface area contributed by atoms with Crippen LogP contribution in [-0.2, 0) is 6.54 Å². The lowest BCUT2D eigenvalue weighted by atomic mass is 9.94. The van der Waals surface area contributed by atoms with Gasteiger partial charge in [0.25, 0.3) is 0 Å². The maximum atomic E-state index is 10.6. The third kappa shape index (κ3) is 3.33. The Hall–Kier alpha value is -1.78. The number of aromatic nitrogens is 1. The number of hydrogen-bond acceptors (Lipinski definition) is 2. The molecule has 1 aromatic heterocycles. The first kappa shape index (κ1) is 16.7. The highest BCUT2D eigenvalue weighted by molar-refractivity contribution is 6.33. The number of benzene rings is 2. The first-order valence-corrected chi connectivity index (χ1v) is 9.52. The molecule has 4 heteroatoms. The Labute approximate surface area is 150 Å². The molecule has 1 fully saturated rings. The zero-order chi connectivity index (χ0) is 17.4. The maximum Gasteiger partial charge on any atom is 0.139 e. The Morgan fingerprint density at radius 3 is 2.56 bits per heavy atom. The van der Waals surface area contributed by atoms with Crippen LogP contribution in [-0.4, -0.2) is 36.2 Å². The standard InChI is InChI=1S/C21H27BN2O/c1-14-6-8-20-18(10-14)19-11-15(22)7-9-21(19)24(20)13-17(25)12-23-16-4-2-3-5-16/h6-11,16-17,23,25H,2-5,12-13,22H2,1H3. The molecule has 0 amide bonds. The average Bonchev–Trinajstić information content (AvgIpc) is 3.20. The van der Waals surface area contributed by atoms with E-state index in [2.05, 4.69) is 61.1 Å². The zero-order valence-electron chi connectivity index (χ0n) is 15.3. The van der Waals surface area contributed by atoms with Crippen molar-refractivity contribution in [1.82, 2.24) is 9.88 Å². The van der Waals surface area contributed by atoms with Gasteiger partial charge in [0.15, 0.2) is 0 Å². The monoisotopic (exact) mass is 334 g/mol. The molecule has 1 atom stereocenters. The van der Waals surface area contributed by atoms with Gasteiger partial charge in [-0.05, 0) is 38.0 Å². The zero-order valence-corrected chi connectivity index (χ0v) is 15.3. The highest BCUT2D eigenvalue weighted by Gasteiger charge is 2.17. The maximum absolute atomic E-state index is 10.6. The van der Waals surface area contributed by atoms with Crippen molar-refractivity contribution < 1.29 is 5.11 Å². The molecule has 130 valence electrons. The number of fused-ring (bicyclic) bond motifs is 3. The molecule has 0 spiro atoms. The van der Waals surface area contributed by atoms with Crippen LogP contribution in [0.15, 0.2) is 36.4 Å². The molecule has 25 heavy (non-hydrogen) atoms. The molecule has 0 aliphatic heterocycles. The Balaban J connectivity index is 1.65. The van der Waals surface area contributed by atoms with E-state index in [-0.39, 0.29) is 6.10 Å². The fraction of sp³-hybridized carbons (Fsp3) is 0.429. The van der Waals surface area contributed by atoms with Crippen LogP contribution >= 0.6 is 0 Å². The van der Waals surface area contributed by atoms with Gasteiger partial charge in [0.1, 0.15) is 7.85 Å². The van der Waals surface area contributed by atoms with Crippen LogP contribution in [0, 0.1) is 6.92 Å². The Morgan fingerprint density at radius 1 is 1.12 bits per heavy atom. The summed E-state index contributed by atoms with van der Waals surface area (Å²) in [6, 6.07) is 13.8. The Kier molecular flexibility index (Phi) is 4.57. The van der Waals surface area contributed by atoms with E-state index in [1.165, 1.54) is 58.5 Å². The van der Waals surface area contributed by atoms with Crippen molar-refractivity contribution in [3.63, 3.8) is 0 Å². The number of aryl methyl sites for hydroxylation is 1. The Bertz CT molecular complexity index is 836. The van der Waals surface area contributed by atoms with Gasteiger partial charge in [-0.15, -0.1) is 0 Å². The van der Waals surface area contributed by atoms with E-state index in [1.807, 2.05) is 0 Å². The summed E-state index contributed by atoms with van der Waals surface area (Å²) in [5.74, 6) is 0. The van der Waals surface area contributed by atoms with E-state index in [4.69, 9.17) is 0 Å². The highest BCUT2D eigenvalue weighted by atomic mass is 16.3. The van der Waals surface area contributed by atoms with Crippen molar-refractivity contribution in [2.75, 3.05) is 6.54 Å².